The van der Waals surface area contributed by atoms with Crippen LogP contribution in [0.5, 0.6) is 11.5 Å². The SMILES string of the molecule is CCc1ccc(N[C@H]2NC(=O)/C(=C/c3ccc(OC)cc3OC)S2)cc1. The van der Waals surface area contributed by atoms with E-state index in [1.165, 1.54) is 17.3 Å². The minimum absolute atomic E-state index is 0.101. The van der Waals surface area contributed by atoms with Gasteiger partial charge in [0.2, 0.25) is 0 Å². The van der Waals surface area contributed by atoms with Gasteiger partial charge >= 0.3 is 0 Å². The maximum absolute atomic E-state index is 12.3. The van der Waals surface area contributed by atoms with Gasteiger partial charge in [0.05, 0.1) is 19.1 Å². The first kappa shape index (κ1) is 18.2. The molecule has 1 heterocycles. The second-order valence-electron chi connectivity index (χ2n) is 5.78. The average Bonchev–Trinajstić information content (AvgIpc) is 3.01. The van der Waals surface area contributed by atoms with Crippen molar-refractivity contribution in [2.45, 2.75) is 18.8 Å². The summed E-state index contributed by atoms with van der Waals surface area (Å²) < 4.78 is 10.6. The van der Waals surface area contributed by atoms with E-state index in [0.717, 1.165) is 17.7 Å². The summed E-state index contributed by atoms with van der Waals surface area (Å²) in [5.74, 6) is 1.27. The molecular formula is C20H22N2O3S. The number of methoxy groups -OCH3 is 2. The first-order chi connectivity index (χ1) is 12.6. The highest BCUT2D eigenvalue weighted by atomic mass is 32.2. The molecule has 136 valence electrons. The van der Waals surface area contributed by atoms with Gasteiger partial charge < -0.3 is 20.1 Å². The number of benzene rings is 2. The highest BCUT2D eigenvalue weighted by Crippen LogP contribution is 2.33. The van der Waals surface area contributed by atoms with Gasteiger partial charge in [-0.1, -0.05) is 30.8 Å². The maximum atomic E-state index is 12.3. The Morgan fingerprint density at radius 2 is 1.92 bits per heavy atom. The lowest BCUT2D eigenvalue weighted by molar-refractivity contribution is -0.116. The molecule has 1 aliphatic heterocycles. The zero-order chi connectivity index (χ0) is 18.5. The summed E-state index contributed by atoms with van der Waals surface area (Å²) in [6.45, 7) is 2.12. The standard InChI is InChI=1S/C20H22N2O3S/c1-4-13-5-8-15(9-6-13)21-20-22-19(23)18(26-20)11-14-7-10-16(24-2)12-17(14)25-3/h5-12,20-21H,4H2,1-3H3,(H,22,23)/b18-11-/t20-/m0/s1. The van der Waals surface area contributed by atoms with Crippen LogP contribution in [0.25, 0.3) is 6.08 Å². The lowest BCUT2D eigenvalue weighted by Gasteiger charge is -2.13. The van der Waals surface area contributed by atoms with Crippen molar-refractivity contribution >= 4 is 29.4 Å². The monoisotopic (exact) mass is 370 g/mol. The largest absolute Gasteiger partial charge is 0.497 e. The quantitative estimate of drug-likeness (QED) is 0.756. The molecule has 26 heavy (non-hydrogen) atoms. The molecular weight excluding hydrogens is 348 g/mol. The lowest BCUT2D eigenvalue weighted by Crippen LogP contribution is -2.30. The predicted octanol–water partition coefficient (Wildman–Crippen LogP) is 3.87. The Bertz CT molecular complexity index is 818. The molecule has 2 aromatic rings. The van der Waals surface area contributed by atoms with Crippen molar-refractivity contribution < 1.29 is 14.3 Å². The zero-order valence-electron chi connectivity index (χ0n) is 15.0. The zero-order valence-corrected chi connectivity index (χ0v) is 15.9. The van der Waals surface area contributed by atoms with E-state index in [0.29, 0.717) is 16.4 Å². The number of thioether (sulfide) groups is 1. The van der Waals surface area contributed by atoms with Crippen LogP contribution in [0.15, 0.2) is 47.4 Å². The van der Waals surface area contributed by atoms with Crippen molar-refractivity contribution in [3.05, 3.63) is 58.5 Å². The minimum atomic E-state index is -0.203. The molecule has 0 aliphatic carbocycles. The second kappa shape index (κ2) is 8.19. The van der Waals surface area contributed by atoms with E-state index in [4.69, 9.17) is 9.47 Å². The number of anilines is 1. The van der Waals surface area contributed by atoms with E-state index in [9.17, 15) is 4.79 Å². The molecule has 5 nitrogen and oxygen atoms in total. The van der Waals surface area contributed by atoms with E-state index in [-0.39, 0.29) is 11.4 Å². The highest BCUT2D eigenvalue weighted by molar-refractivity contribution is 8.05. The highest BCUT2D eigenvalue weighted by Gasteiger charge is 2.27. The van der Waals surface area contributed by atoms with Crippen LogP contribution in [-0.4, -0.2) is 25.6 Å². The third kappa shape index (κ3) is 4.14. The van der Waals surface area contributed by atoms with Crippen molar-refractivity contribution in [2.24, 2.45) is 0 Å². The molecule has 1 aliphatic rings. The lowest BCUT2D eigenvalue weighted by atomic mass is 10.1. The fraction of sp³-hybridized carbons (Fsp3) is 0.250. The van der Waals surface area contributed by atoms with Crippen molar-refractivity contribution in [1.82, 2.24) is 5.32 Å². The molecule has 1 amide bonds. The maximum Gasteiger partial charge on any atom is 0.260 e. The molecule has 6 heteroatoms. The summed E-state index contributed by atoms with van der Waals surface area (Å²) >= 11 is 1.45. The number of carbonyl (C=O) groups is 1. The predicted molar refractivity (Wildman–Crippen MR) is 106 cm³/mol. The van der Waals surface area contributed by atoms with E-state index in [1.54, 1.807) is 20.3 Å². The number of rotatable bonds is 6. The Labute approximate surface area is 157 Å². The van der Waals surface area contributed by atoms with Crippen molar-refractivity contribution in [2.75, 3.05) is 19.5 Å². The topological polar surface area (TPSA) is 59.6 Å². The van der Waals surface area contributed by atoms with E-state index in [2.05, 4.69) is 29.7 Å². The van der Waals surface area contributed by atoms with Crippen LogP contribution >= 0.6 is 11.8 Å². The number of aryl methyl sites for hydroxylation is 1. The van der Waals surface area contributed by atoms with Gasteiger partial charge in [0.15, 0.2) is 5.50 Å². The molecule has 0 unspecified atom stereocenters. The normalized spacial score (nSPS) is 17.9. The number of carbonyl (C=O) groups excluding carboxylic acids is 1. The molecule has 3 rings (SSSR count). The van der Waals surface area contributed by atoms with Crippen LogP contribution in [0, 0.1) is 0 Å². The van der Waals surface area contributed by atoms with Gasteiger partial charge in [0, 0.05) is 17.3 Å². The summed E-state index contributed by atoms with van der Waals surface area (Å²) in [5, 5.41) is 6.26. The molecule has 0 bridgehead atoms. The van der Waals surface area contributed by atoms with Gasteiger partial charge in [-0.25, -0.2) is 0 Å². The fourth-order valence-corrected chi connectivity index (χ4v) is 3.61. The van der Waals surface area contributed by atoms with Crippen molar-refractivity contribution in [3.8, 4) is 11.5 Å². The van der Waals surface area contributed by atoms with E-state index >= 15 is 0 Å². The Morgan fingerprint density at radius 1 is 1.15 bits per heavy atom. The molecule has 1 saturated heterocycles. The van der Waals surface area contributed by atoms with Gasteiger partial charge in [-0.2, -0.15) is 0 Å². The summed E-state index contributed by atoms with van der Waals surface area (Å²) in [6.07, 6.45) is 2.84. The van der Waals surface area contributed by atoms with Crippen LogP contribution in [-0.2, 0) is 11.2 Å². The molecule has 2 aromatic carbocycles. The molecule has 1 atom stereocenters. The smallest absolute Gasteiger partial charge is 0.260 e. The average molecular weight is 370 g/mol. The number of hydrogen-bond donors (Lipinski definition) is 2. The first-order valence-electron chi connectivity index (χ1n) is 8.39. The first-order valence-corrected chi connectivity index (χ1v) is 9.27. The van der Waals surface area contributed by atoms with Crippen LogP contribution in [0.2, 0.25) is 0 Å². The number of hydrogen-bond acceptors (Lipinski definition) is 5. The number of ether oxygens (including phenoxy) is 2. The fourth-order valence-electron chi connectivity index (χ4n) is 2.63. The summed E-state index contributed by atoms with van der Waals surface area (Å²) in [4.78, 5) is 12.9. The summed E-state index contributed by atoms with van der Waals surface area (Å²) in [5.41, 5.74) is 2.89. The van der Waals surface area contributed by atoms with Crippen LogP contribution < -0.4 is 20.1 Å². The summed E-state index contributed by atoms with van der Waals surface area (Å²) in [7, 11) is 3.21. The molecule has 0 saturated carbocycles. The summed E-state index contributed by atoms with van der Waals surface area (Å²) in [6, 6.07) is 13.8. The van der Waals surface area contributed by atoms with Crippen molar-refractivity contribution in [3.63, 3.8) is 0 Å². The van der Waals surface area contributed by atoms with Gasteiger partial charge in [-0.05, 0) is 42.3 Å². The molecule has 1 fully saturated rings. The Kier molecular flexibility index (Phi) is 5.73. The molecule has 0 spiro atoms. The third-order valence-corrected chi connectivity index (χ3v) is 5.15. The third-order valence-electron chi connectivity index (χ3n) is 4.12. The molecule has 0 aromatic heterocycles. The second-order valence-corrected chi connectivity index (χ2v) is 6.93. The van der Waals surface area contributed by atoms with Gasteiger partial charge in [0.1, 0.15) is 11.5 Å². The molecule has 0 radical (unpaired) electrons. The Hall–Kier alpha value is -2.60. The van der Waals surface area contributed by atoms with Crippen LogP contribution in [0.1, 0.15) is 18.1 Å². The minimum Gasteiger partial charge on any atom is -0.497 e. The van der Waals surface area contributed by atoms with E-state index in [1.807, 2.05) is 30.3 Å². The number of amides is 1. The van der Waals surface area contributed by atoms with Crippen molar-refractivity contribution in [1.29, 1.82) is 0 Å². The van der Waals surface area contributed by atoms with Gasteiger partial charge in [-0.15, -0.1) is 0 Å². The van der Waals surface area contributed by atoms with Crippen LogP contribution in [0.4, 0.5) is 5.69 Å². The van der Waals surface area contributed by atoms with E-state index < -0.39 is 0 Å². The van der Waals surface area contributed by atoms with Gasteiger partial charge in [-0.3, -0.25) is 4.79 Å². The Balaban J connectivity index is 1.73. The number of nitrogens with one attached hydrogen (secondary N) is 2. The molecule has 2 N–H and O–H groups in total. The van der Waals surface area contributed by atoms with Crippen LogP contribution in [0.3, 0.4) is 0 Å². The van der Waals surface area contributed by atoms with Gasteiger partial charge in [0.25, 0.3) is 5.91 Å². The Morgan fingerprint density at radius 3 is 2.58 bits per heavy atom.